The molecule has 1 amide bonds. The molecule has 0 spiro atoms. The number of carbonyl (C=O) groups is 1. The van der Waals surface area contributed by atoms with Gasteiger partial charge in [-0.3, -0.25) is 5.32 Å². The van der Waals surface area contributed by atoms with Crippen LogP contribution in [-0.4, -0.2) is 11.2 Å². The van der Waals surface area contributed by atoms with Gasteiger partial charge in [-0.05, 0) is 36.5 Å². The zero-order chi connectivity index (χ0) is 9.26. The van der Waals surface area contributed by atoms with Crippen LogP contribution in [0.2, 0.25) is 0 Å². The summed E-state index contributed by atoms with van der Waals surface area (Å²) in [6.07, 6.45) is 2.21. The van der Waals surface area contributed by atoms with Crippen LogP contribution >= 0.6 is 0 Å². The van der Waals surface area contributed by atoms with Crippen molar-refractivity contribution in [3.63, 3.8) is 0 Å². The number of hydrogen-bond acceptors (Lipinski definition) is 1. The maximum atomic E-state index is 10.5. The molecule has 0 unspecified atom stereocenters. The molecule has 0 radical (unpaired) electrons. The molecule has 0 fully saturated rings. The smallest absolute Gasteiger partial charge is 0.409 e. The molecule has 0 heterocycles. The third kappa shape index (κ3) is 1.49. The molecule has 13 heavy (non-hydrogen) atoms. The van der Waals surface area contributed by atoms with Crippen molar-refractivity contribution >= 4 is 11.8 Å². The van der Waals surface area contributed by atoms with E-state index in [1.54, 1.807) is 0 Å². The fraction of sp³-hybridized carbons (Fsp3) is 0.300. The van der Waals surface area contributed by atoms with Gasteiger partial charge in [0.15, 0.2) is 0 Å². The second kappa shape index (κ2) is 3.09. The van der Waals surface area contributed by atoms with Crippen molar-refractivity contribution in [3.05, 3.63) is 29.3 Å². The average molecular weight is 177 g/mol. The van der Waals surface area contributed by atoms with Gasteiger partial charge in [0.25, 0.3) is 0 Å². The Morgan fingerprint density at radius 2 is 2.23 bits per heavy atom. The van der Waals surface area contributed by atoms with Gasteiger partial charge in [-0.15, -0.1) is 0 Å². The van der Waals surface area contributed by atoms with Crippen LogP contribution in [0.3, 0.4) is 0 Å². The van der Waals surface area contributed by atoms with Gasteiger partial charge in [-0.2, -0.15) is 0 Å². The lowest BCUT2D eigenvalue weighted by Gasteiger charge is -2.06. The summed E-state index contributed by atoms with van der Waals surface area (Å²) in [6.45, 7) is 0. The lowest BCUT2D eigenvalue weighted by Crippen LogP contribution is -2.09. The van der Waals surface area contributed by atoms with E-state index in [1.807, 2.05) is 12.1 Å². The monoisotopic (exact) mass is 177 g/mol. The molecule has 1 aromatic rings. The zero-order valence-electron chi connectivity index (χ0n) is 7.21. The van der Waals surface area contributed by atoms with Gasteiger partial charge in [0.05, 0.1) is 0 Å². The van der Waals surface area contributed by atoms with Gasteiger partial charge >= 0.3 is 6.09 Å². The van der Waals surface area contributed by atoms with E-state index in [9.17, 15) is 4.79 Å². The van der Waals surface area contributed by atoms with E-state index in [1.165, 1.54) is 11.1 Å². The number of anilines is 1. The minimum absolute atomic E-state index is 0.752. The van der Waals surface area contributed by atoms with E-state index in [-0.39, 0.29) is 0 Å². The second-order valence-corrected chi connectivity index (χ2v) is 3.23. The first kappa shape index (κ1) is 8.10. The van der Waals surface area contributed by atoms with Crippen molar-refractivity contribution in [2.45, 2.75) is 19.3 Å². The third-order valence-corrected chi connectivity index (χ3v) is 2.39. The summed E-state index contributed by atoms with van der Waals surface area (Å²) in [5.74, 6) is 0. The fourth-order valence-corrected chi connectivity index (χ4v) is 1.85. The first-order valence-corrected chi connectivity index (χ1v) is 4.38. The standard InChI is InChI=1S/C10H11NO2/c12-10(13)11-9-6-2-4-7-3-1-5-8(7)9/h2,4,6,11H,1,3,5H2,(H,12,13). The minimum atomic E-state index is -0.986. The molecule has 68 valence electrons. The zero-order valence-corrected chi connectivity index (χ0v) is 7.21. The van der Waals surface area contributed by atoms with E-state index in [4.69, 9.17) is 5.11 Å². The number of benzene rings is 1. The molecular weight excluding hydrogens is 166 g/mol. The van der Waals surface area contributed by atoms with E-state index in [2.05, 4.69) is 11.4 Å². The molecule has 0 bridgehead atoms. The summed E-state index contributed by atoms with van der Waals surface area (Å²) in [5, 5.41) is 11.0. The van der Waals surface area contributed by atoms with Crippen LogP contribution in [0.4, 0.5) is 10.5 Å². The Labute approximate surface area is 76.4 Å². The van der Waals surface area contributed by atoms with E-state index in [0.717, 1.165) is 24.9 Å². The molecule has 0 saturated carbocycles. The van der Waals surface area contributed by atoms with Crippen LogP contribution in [0.15, 0.2) is 18.2 Å². The predicted octanol–water partition coefficient (Wildman–Crippen LogP) is 2.27. The lowest BCUT2D eigenvalue weighted by atomic mass is 10.1. The molecule has 3 nitrogen and oxygen atoms in total. The van der Waals surface area contributed by atoms with Crippen LogP contribution < -0.4 is 5.32 Å². The van der Waals surface area contributed by atoms with Crippen molar-refractivity contribution in [2.24, 2.45) is 0 Å². The lowest BCUT2D eigenvalue weighted by molar-refractivity contribution is 0.209. The first-order chi connectivity index (χ1) is 6.27. The van der Waals surface area contributed by atoms with Gasteiger partial charge in [-0.1, -0.05) is 12.1 Å². The highest BCUT2D eigenvalue weighted by atomic mass is 16.4. The summed E-state index contributed by atoms with van der Waals surface area (Å²) in [5.41, 5.74) is 3.21. The van der Waals surface area contributed by atoms with Crippen molar-refractivity contribution in [1.29, 1.82) is 0 Å². The predicted molar refractivity (Wildman–Crippen MR) is 50.1 cm³/mol. The summed E-state index contributed by atoms with van der Waals surface area (Å²) >= 11 is 0. The first-order valence-electron chi connectivity index (χ1n) is 4.38. The Hall–Kier alpha value is -1.51. The molecule has 1 aromatic carbocycles. The van der Waals surface area contributed by atoms with Crippen molar-refractivity contribution in [3.8, 4) is 0 Å². The Morgan fingerprint density at radius 1 is 1.38 bits per heavy atom. The fourth-order valence-electron chi connectivity index (χ4n) is 1.85. The Bertz CT molecular complexity index is 347. The van der Waals surface area contributed by atoms with Crippen LogP contribution in [-0.2, 0) is 12.8 Å². The number of amides is 1. The number of carboxylic acid groups (broad SMARTS) is 1. The third-order valence-electron chi connectivity index (χ3n) is 2.39. The van der Waals surface area contributed by atoms with Gasteiger partial charge in [0.1, 0.15) is 0 Å². The molecule has 1 aliphatic rings. The maximum absolute atomic E-state index is 10.5. The topological polar surface area (TPSA) is 49.3 Å². The highest BCUT2D eigenvalue weighted by molar-refractivity contribution is 5.84. The molecule has 0 atom stereocenters. The summed E-state index contributed by atoms with van der Waals surface area (Å²) < 4.78 is 0. The largest absolute Gasteiger partial charge is 0.465 e. The molecule has 0 aliphatic heterocycles. The van der Waals surface area contributed by atoms with Crippen molar-refractivity contribution in [2.75, 3.05) is 5.32 Å². The van der Waals surface area contributed by atoms with Crippen LogP contribution in [0, 0.1) is 0 Å². The summed E-state index contributed by atoms with van der Waals surface area (Å²) in [6, 6.07) is 5.78. The van der Waals surface area contributed by atoms with Crippen LogP contribution in [0.25, 0.3) is 0 Å². The van der Waals surface area contributed by atoms with E-state index >= 15 is 0 Å². The second-order valence-electron chi connectivity index (χ2n) is 3.23. The number of fused-ring (bicyclic) bond motifs is 1. The maximum Gasteiger partial charge on any atom is 0.409 e. The molecule has 2 N–H and O–H groups in total. The Morgan fingerprint density at radius 3 is 3.00 bits per heavy atom. The van der Waals surface area contributed by atoms with Gasteiger partial charge in [-0.25, -0.2) is 4.79 Å². The highest BCUT2D eigenvalue weighted by Crippen LogP contribution is 2.28. The number of aryl methyl sites for hydroxylation is 1. The molecule has 0 aromatic heterocycles. The van der Waals surface area contributed by atoms with E-state index in [0.29, 0.717) is 0 Å². The quantitative estimate of drug-likeness (QED) is 0.691. The molecule has 1 aliphatic carbocycles. The summed E-state index contributed by atoms with van der Waals surface area (Å²) in [4.78, 5) is 10.5. The molecule has 0 saturated heterocycles. The normalized spacial score (nSPS) is 13.8. The highest BCUT2D eigenvalue weighted by Gasteiger charge is 2.14. The van der Waals surface area contributed by atoms with Crippen LogP contribution in [0.1, 0.15) is 17.5 Å². The number of hydrogen-bond donors (Lipinski definition) is 2. The van der Waals surface area contributed by atoms with Gasteiger partial charge in [0, 0.05) is 5.69 Å². The van der Waals surface area contributed by atoms with Crippen LogP contribution in [0.5, 0.6) is 0 Å². The number of rotatable bonds is 1. The molecular formula is C10H11NO2. The Balaban J connectivity index is 2.36. The molecule has 2 rings (SSSR count). The van der Waals surface area contributed by atoms with Crippen molar-refractivity contribution in [1.82, 2.24) is 0 Å². The molecule has 3 heteroatoms. The van der Waals surface area contributed by atoms with Crippen molar-refractivity contribution < 1.29 is 9.90 Å². The minimum Gasteiger partial charge on any atom is -0.465 e. The SMILES string of the molecule is O=C(O)Nc1cccc2c1CCC2. The van der Waals surface area contributed by atoms with Gasteiger partial charge in [0.2, 0.25) is 0 Å². The number of nitrogens with one attached hydrogen (secondary N) is 1. The van der Waals surface area contributed by atoms with E-state index < -0.39 is 6.09 Å². The summed E-state index contributed by atoms with van der Waals surface area (Å²) in [7, 11) is 0. The Kier molecular flexibility index (Phi) is 1.93. The van der Waals surface area contributed by atoms with Gasteiger partial charge < -0.3 is 5.11 Å². The average Bonchev–Trinajstić information content (AvgIpc) is 2.51.